The summed E-state index contributed by atoms with van der Waals surface area (Å²) >= 11 is 0. The van der Waals surface area contributed by atoms with Gasteiger partial charge in [0.05, 0.1) is 0 Å². The quantitative estimate of drug-likeness (QED) is 0.865. The van der Waals surface area contributed by atoms with Crippen LogP contribution in [0, 0.1) is 5.82 Å². The second-order valence-corrected chi connectivity index (χ2v) is 4.17. The molecule has 3 nitrogen and oxygen atoms in total. The number of carbonyl (C=O) groups is 1. The number of rotatable bonds is 4. The van der Waals surface area contributed by atoms with Gasteiger partial charge in [-0.3, -0.25) is 4.79 Å². The van der Waals surface area contributed by atoms with Gasteiger partial charge in [-0.15, -0.1) is 0 Å². The number of benzene rings is 1. The molecule has 1 aliphatic rings. The van der Waals surface area contributed by atoms with E-state index in [1.165, 1.54) is 12.1 Å². The standard InChI is InChI=1S/C13H16FNO2/c14-11-5-3-10(4-6-11)7-8-15-13(16)12-2-1-9-17-12/h3-6,12H,1-2,7-9H2,(H,15,16)/t12-/m0/s1. The van der Waals surface area contributed by atoms with Crippen LogP contribution in [0.2, 0.25) is 0 Å². The summed E-state index contributed by atoms with van der Waals surface area (Å²) in [7, 11) is 0. The monoisotopic (exact) mass is 237 g/mol. The van der Waals surface area contributed by atoms with Gasteiger partial charge in [0.2, 0.25) is 5.91 Å². The molecule has 0 aliphatic carbocycles. The molecular formula is C13H16FNO2. The Labute approximate surface area is 100.0 Å². The Morgan fingerprint density at radius 3 is 2.82 bits per heavy atom. The van der Waals surface area contributed by atoms with E-state index in [2.05, 4.69) is 5.32 Å². The lowest BCUT2D eigenvalue weighted by atomic mass is 10.1. The van der Waals surface area contributed by atoms with Crippen molar-refractivity contribution >= 4 is 5.91 Å². The highest BCUT2D eigenvalue weighted by Gasteiger charge is 2.22. The molecule has 17 heavy (non-hydrogen) atoms. The minimum absolute atomic E-state index is 0.0374. The molecule has 2 rings (SSSR count). The maximum absolute atomic E-state index is 12.7. The van der Waals surface area contributed by atoms with Crippen LogP contribution in [0.4, 0.5) is 4.39 Å². The van der Waals surface area contributed by atoms with Crippen molar-refractivity contribution in [3.05, 3.63) is 35.6 Å². The summed E-state index contributed by atoms with van der Waals surface area (Å²) in [6.45, 7) is 1.24. The van der Waals surface area contributed by atoms with Gasteiger partial charge in [0.15, 0.2) is 0 Å². The Balaban J connectivity index is 1.72. The first kappa shape index (κ1) is 12.0. The molecule has 0 saturated carbocycles. The normalized spacial score (nSPS) is 19.2. The van der Waals surface area contributed by atoms with Crippen molar-refractivity contribution in [2.24, 2.45) is 0 Å². The largest absolute Gasteiger partial charge is 0.368 e. The van der Waals surface area contributed by atoms with Crippen LogP contribution in [-0.2, 0) is 16.0 Å². The number of ether oxygens (including phenoxy) is 1. The van der Waals surface area contributed by atoms with E-state index < -0.39 is 0 Å². The molecular weight excluding hydrogens is 221 g/mol. The topological polar surface area (TPSA) is 38.3 Å². The average molecular weight is 237 g/mol. The molecule has 1 aliphatic heterocycles. The number of halogens is 1. The van der Waals surface area contributed by atoms with Crippen LogP contribution in [-0.4, -0.2) is 25.2 Å². The Hall–Kier alpha value is -1.42. The van der Waals surface area contributed by atoms with Crippen LogP contribution < -0.4 is 5.32 Å². The first-order chi connectivity index (χ1) is 8.25. The molecule has 92 valence electrons. The third-order valence-electron chi connectivity index (χ3n) is 2.85. The SMILES string of the molecule is O=C(NCCc1ccc(F)cc1)[C@@H]1CCCO1. The predicted octanol–water partition coefficient (Wildman–Crippen LogP) is 1.66. The molecule has 1 amide bonds. The molecule has 0 aromatic heterocycles. The average Bonchev–Trinajstić information content (AvgIpc) is 2.85. The fourth-order valence-electron chi connectivity index (χ4n) is 1.88. The van der Waals surface area contributed by atoms with Crippen molar-refractivity contribution in [2.45, 2.75) is 25.4 Å². The summed E-state index contributed by atoms with van der Waals surface area (Å²) in [5.74, 6) is -0.276. The lowest BCUT2D eigenvalue weighted by Gasteiger charge is -2.10. The maximum Gasteiger partial charge on any atom is 0.249 e. The molecule has 1 aromatic carbocycles. The molecule has 0 unspecified atom stereocenters. The van der Waals surface area contributed by atoms with Gasteiger partial charge in [-0.05, 0) is 37.0 Å². The van der Waals surface area contributed by atoms with Crippen LogP contribution in [0.25, 0.3) is 0 Å². The van der Waals surface area contributed by atoms with E-state index in [4.69, 9.17) is 4.74 Å². The molecule has 0 radical (unpaired) electrons. The third kappa shape index (κ3) is 3.53. The first-order valence-corrected chi connectivity index (χ1v) is 5.89. The van der Waals surface area contributed by atoms with Crippen LogP contribution in [0.5, 0.6) is 0 Å². The number of hydrogen-bond donors (Lipinski definition) is 1. The minimum Gasteiger partial charge on any atom is -0.368 e. The summed E-state index contributed by atoms with van der Waals surface area (Å²) < 4.78 is 17.9. The fourth-order valence-corrected chi connectivity index (χ4v) is 1.88. The molecule has 0 bridgehead atoms. The van der Waals surface area contributed by atoms with Crippen LogP contribution in [0.3, 0.4) is 0 Å². The van der Waals surface area contributed by atoms with Crippen LogP contribution in [0.1, 0.15) is 18.4 Å². The molecule has 1 heterocycles. The highest BCUT2D eigenvalue weighted by Crippen LogP contribution is 2.11. The highest BCUT2D eigenvalue weighted by atomic mass is 19.1. The van der Waals surface area contributed by atoms with Crippen molar-refractivity contribution in [3.63, 3.8) is 0 Å². The van der Waals surface area contributed by atoms with E-state index in [-0.39, 0.29) is 17.8 Å². The first-order valence-electron chi connectivity index (χ1n) is 5.89. The lowest BCUT2D eigenvalue weighted by Crippen LogP contribution is -2.35. The molecule has 1 saturated heterocycles. The van der Waals surface area contributed by atoms with Gasteiger partial charge in [0.1, 0.15) is 11.9 Å². The predicted molar refractivity (Wildman–Crippen MR) is 62.1 cm³/mol. The van der Waals surface area contributed by atoms with Crippen molar-refractivity contribution < 1.29 is 13.9 Å². The smallest absolute Gasteiger partial charge is 0.249 e. The second-order valence-electron chi connectivity index (χ2n) is 4.17. The van der Waals surface area contributed by atoms with Gasteiger partial charge in [0.25, 0.3) is 0 Å². The lowest BCUT2D eigenvalue weighted by molar-refractivity contribution is -0.129. The number of hydrogen-bond acceptors (Lipinski definition) is 2. The minimum atomic E-state index is -0.275. The van der Waals surface area contributed by atoms with Crippen molar-refractivity contribution in [3.8, 4) is 0 Å². The summed E-state index contributed by atoms with van der Waals surface area (Å²) in [5, 5.41) is 2.83. The summed E-state index contributed by atoms with van der Waals surface area (Å²) in [5.41, 5.74) is 1.01. The van der Waals surface area contributed by atoms with Gasteiger partial charge in [-0.1, -0.05) is 12.1 Å². The zero-order valence-electron chi connectivity index (χ0n) is 9.62. The molecule has 1 fully saturated rings. The van der Waals surface area contributed by atoms with E-state index in [1.807, 2.05) is 0 Å². The van der Waals surface area contributed by atoms with Crippen LogP contribution >= 0.6 is 0 Å². The second kappa shape index (κ2) is 5.77. The summed E-state index contributed by atoms with van der Waals surface area (Å²) in [6.07, 6.45) is 2.19. The van der Waals surface area contributed by atoms with Gasteiger partial charge in [-0.2, -0.15) is 0 Å². The van der Waals surface area contributed by atoms with E-state index in [0.717, 1.165) is 18.4 Å². The Morgan fingerprint density at radius 1 is 1.41 bits per heavy atom. The third-order valence-corrected chi connectivity index (χ3v) is 2.85. The zero-order valence-corrected chi connectivity index (χ0v) is 9.62. The van der Waals surface area contributed by atoms with Gasteiger partial charge in [0, 0.05) is 13.2 Å². The highest BCUT2D eigenvalue weighted by molar-refractivity contribution is 5.80. The Kier molecular flexibility index (Phi) is 4.09. The molecule has 0 spiro atoms. The van der Waals surface area contributed by atoms with Gasteiger partial charge < -0.3 is 10.1 Å². The van der Waals surface area contributed by atoms with E-state index in [1.54, 1.807) is 12.1 Å². The van der Waals surface area contributed by atoms with E-state index in [0.29, 0.717) is 19.6 Å². The molecule has 1 N–H and O–H groups in total. The summed E-state index contributed by atoms with van der Waals surface area (Å²) in [4.78, 5) is 11.6. The van der Waals surface area contributed by atoms with Crippen molar-refractivity contribution in [2.75, 3.05) is 13.2 Å². The van der Waals surface area contributed by atoms with Crippen molar-refractivity contribution in [1.82, 2.24) is 5.32 Å². The zero-order chi connectivity index (χ0) is 12.1. The molecule has 1 aromatic rings. The fraction of sp³-hybridized carbons (Fsp3) is 0.462. The Bertz CT molecular complexity index is 372. The molecule has 1 atom stereocenters. The van der Waals surface area contributed by atoms with Gasteiger partial charge in [-0.25, -0.2) is 4.39 Å². The Morgan fingerprint density at radius 2 is 2.18 bits per heavy atom. The number of carbonyl (C=O) groups excluding carboxylic acids is 1. The van der Waals surface area contributed by atoms with E-state index >= 15 is 0 Å². The number of amides is 1. The van der Waals surface area contributed by atoms with Crippen LogP contribution in [0.15, 0.2) is 24.3 Å². The van der Waals surface area contributed by atoms with E-state index in [9.17, 15) is 9.18 Å². The van der Waals surface area contributed by atoms with Gasteiger partial charge >= 0.3 is 0 Å². The summed E-state index contributed by atoms with van der Waals surface area (Å²) in [6, 6.07) is 6.32. The molecule has 4 heteroatoms. The maximum atomic E-state index is 12.7. The van der Waals surface area contributed by atoms with Crippen molar-refractivity contribution in [1.29, 1.82) is 0 Å². The number of nitrogens with one attached hydrogen (secondary N) is 1.